The van der Waals surface area contributed by atoms with Gasteiger partial charge in [-0.05, 0) is 70.5 Å². The summed E-state index contributed by atoms with van der Waals surface area (Å²) in [5.41, 5.74) is 1.58. The molecule has 0 aromatic heterocycles. The van der Waals surface area contributed by atoms with E-state index in [-0.39, 0.29) is 0 Å². The number of halogens is 2. The third-order valence-electron chi connectivity index (χ3n) is 3.30. The van der Waals surface area contributed by atoms with Crippen LogP contribution in [0, 0.1) is 5.92 Å². The van der Waals surface area contributed by atoms with Gasteiger partial charge in [0.2, 0.25) is 0 Å². The Morgan fingerprint density at radius 2 is 1.93 bits per heavy atom. The fraction of sp³-hybridized carbons (Fsp3) is 0.500. The Labute approximate surface area is 111 Å². The fourth-order valence-corrected chi connectivity index (χ4v) is 5.19. The van der Waals surface area contributed by atoms with Crippen molar-refractivity contribution in [1.82, 2.24) is 0 Å². The van der Waals surface area contributed by atoms with Crippen LogP contribution < -0.4 is 0 Å². The number of hydrogen-bond donors (Lipinski definition) is 0. The summed E-state index contributed by atoms with van der Waals surface area (Å²) >= 11 is 9.28. The molecule has 1 fully saturated rings. The molecule has 1 atom stereocenters. The highest BCUT2D eigenvalue weighted by molar-refractivity contribution is 9.11. The predicted octanol–water partition coefficient (Wildman–Crippen LogP) is 5.20. The van der Waals surface area contributed by atoms with E-state index in [1.807, 2.05) is 11.8 Å². The third kappa shape index (κ3) is 2.03. The van der Waals surface area contributed by atoms with Gasteiger partial charge in [0.05, 0.1) is 0 Å². The van der Waals surface area contributed by atoms with Gasteiger partial charge in [0, 0.05) is 13.8 Å². The minimum atomic E-state index is 0.829. The minimum Gasteiger partial charge on any atom is -0.125 e. The van der Waals surface area contributed by atoms with Crippen LogP contribution in [-0.4, -0.2) is 5.75 Å². The van der Waals surface area contributed by atoms with Gasteiger partial charge in [0.25, 0.3) is 0 Å². The van der Waals surface area contributed by atoms with Gasteiger partial charge in [-0.25, -0.2) is 0 Å². The normalized spacial score (nSPS) is 25.1. The van der Waals surface area contributed by atoms with Crippen LogP contribution in [0.4, 0.5) is 0 Å². The van der Waals surface area contributed by atoms with E-state index in [0.29, 0.717) is 0 Å². The van der Waals surface area contributed by atoms with Crippen LogP contribution in [0.15, 0.2) is 26.0 Å². The van der Waals surface area contributed by atoms with Crippen LogP contribution in [-0.2, 0) is 0 Å². The van der Waals surface area contributed by atoms with Crippen LogP contribution in [0.25, 0.3) is 0 Å². The summed E-state index contributed by atoms with van der Waals surface area (Å²) in [6, 6.07) is 4.50. The van der Waals surface area contributed by atoms with Crippen LogP contribution >= 0.6 is 43.6 Å². The molecule has 3 heteroatoms. The zero-order chi connectivity index (χ0) is 10.4. The molecule has 2 aliphatic rings. The van der Waals surface area contributed by atoms with E-state index < -0.39 is 0 Å². The second-order valence-corrected chi connectivity index (χ2v) is 7.26. The molecule has 80 valence electrons. The summed E-state index contributed by atoms with van der Waals surface area (Å²) in [6.07, 6.45) is 4.25. The SMILES string of the molecule is Brc1cc(Br)c2c(c1)C(C1CC1)CCS2. The average Bonchev–Trinajstić information content (AvgIpc) is 3.00. The van der Waals surface area contributed by atoms with Gasteiger partial charge in [-0.1, -0.05) is 15.9 Å². The maximum absolute atomic E-state index is 3.68. The quantitative estimate of drug-likeness (QED) is 0.672. The molecule has 1 aromatic rings. The number of thioether (sulfide) groups is 1. The topological polar surface area (TPSA) is 0 Å². The van der Waals surface area contributed by atoms with Crippen LogP contribution in [0.3, 0.4) is 0 Å². The van der Waals surface area contributed by atoms with E-state index in [2.05, 4.69) is 44.0 Å². The molecule has 0 N–H and O–H groups in total. The fourth-order valence-electron chi connectivity index (χ4n) is 2.44. The number of benzene rings is 1. The second kappa shape index (κ2) is 4.08. The first-order valence-electron chi connectivity index (χ1n) is 5.37. The summed E-state index contributed by atoms with van der Waals surface area (Å²) in [4.78, 5) is 1.49. The summed E-state index contributed by atoms with van der Waals surface area (Å²) in [5, 5.41) is 0. The maximum Gasteiger partial charge on any atom is 0.0325 e. The van der Waals surface area contributed by atoms with Crippen molar-refractivity contribution < 1.29 is 0 Å². The summed E-state index contributed by atoms with van der Waals surface area (Å²) in [5.74, 6) is 3.09. The van der Waals surface area contributed by atoms with Crippen molar-refractivity contribution >= 4 is 43.6 Å². The molecular weight excluding hydrogens is 336 g/mol. The van der Waals surface area contributed by atoms with Gasteiger partial charge in [-0.3, -0.25) is 0 Å². The van der Waals surface area contributed by atoms with Crippen LogP contribution in [0.1, 0.15) is 30.7 Å². The van der Waals surface area contributed by atoms with Gasteiger partial charge in [-0.15, -0.1) is 11.8 Å². The lowest BCUT2D eigenvalue weighted by Crippen LogP contribution is -2.09. The zero-order valence-electron chi connectivity index (χ0n) is 8.30. The molecule has 1 aliphatic carbocycles. The molecule has 0 saturated heterocycles. The number of rotatable bonds is 1. The lowest BCUT2D eigenvalue weighted by atomic mass is 9.91. The van der Waals surface area contributed by atoms with Crippen molar-refractivity contribution in [3.63, 3.8) is 0 Å². The Morgan fingerprint density at radius 1 is 1.13 bits per heavy atom. The molecule has 0 nitrogen and oxygen atoms in total. The molecule has 15 heavy (non-hydrogen) atoms. The molecule has 1 heterocycles. The number of fused-ring (bicyclic) bond motifs is 1. The van der Waals surface area contributed by atoms with Gasteiger partial charge in [-0.2, -0.15) is 0 Å². The average molecular weight is 348 g/mol. The highest BCUT2D eigenvalue weighted by Crippen LogP contribution is 2.52. The van der Waals surface area contributed by atoms with Gasteiger partial charge < -0.3 is 0 Å². The van der Waals surface area contributed by atoms with Gasteiger partial charge >= 0.3 is 0 Å². The molecule has 0 amide bonds. The molecule has 1 unspecified atom stereocenters. The third-order valence-corrected chi connectivity index (χ3v) is 5.83. The van der Waals surface area contributed by atoms with E-state index in [4.69, 9.17) is 0 Å². The highest BCUT2D eigenvalue weighted by Gasteiger charge is 2.35. The standard InChI is InChI=1S/C12H12Br2S/c13-8-5-10-9(7-1-2-7)3-4-15-12(10)11(14)6-8/h5-7,9H,1-4H2. The lowest BCUT2D eigenvalue weighted by Gasteiger charge is -2.26. The molecule has 1 aliphatic heterocycles. The molecule has 0 radical (unpaired) electrons. The molecular formula is C12H12Br2S. The minimum absolute atomic E-state index is 0.829. The van der Waals surface area contributed by atoms with Crippen molar-refractivity contribution in [2.24, 2.45) is 5.92 Å². The van der Waals surface area contributed by atoms with E-state index in [0.717, 1.165) is 11.8 Å². The van der Waals surface area contributed by atoms with Gasteiger partial charge in [0.1, 0.15) is 0 Å². The van der Waals surface area contributed by atoms with Crippen LogP contribution in [0.5, 0.6) is 0 Å². The predicted molar refractivity (Wildman–Crippen MR) is 72.6 cm³/mol. The smallest absolute Gasteiger partial charge is 0.0325 e. The Hall–Kier alpha value is 0.530. The number of hydrogen-bond acceptors (Lipinski definition) is 1. The van der Waals surface area contributed by atoms with Crippen molar-refractivity contribution in [3.8, 4) is 0 Å². The van der Waals surface area contributed by atoms with E-state index in [1.165, 1.54) is 38.9 Å². The van der Waals surface area contributed by atoms with Crippen molar-refractivity contribution in [1.29, 1.82) is 0 Å². The van der Waals surface area contributed by atoms with Crippen molar-refractivity contribution in [2.75, 3.05) is 5.75 Å². The Bertz CT molecular complexity index is 399. The summed E-state index contributed by atoms with van der Waals surface area (Å²) in [7, 11) is 0. The first kappa shape index (κ1) is 10.7. The molecule has 0 spiro atoms. The van der Waals surface area contributed by atoms with Gasteiger partial charge in [0.15, 0.2) is 0 Å². The van der Waals surface area contributed by atoms with Crippen molar-refractivity contribution in [2.45, 2.75) is 30.1 Å². The zero-order valence-corrected chi connectivity index (χ0v) is 12.3. The van der Waals surface area contributed by atoms with Crippen LogP contribution in [0.2, 0.25) is 0 Å². The molecule has 0 bridgehead atoms. The van der Waals surface area contributed by atoms with E-state index in [9.17, 15) is 0 Å². The Kier molecular flexibility index (Phi) is 2.90. The van der Waals surface area contributed by atoms with E-state index >= 15 is 0 Å². The highest BCUT2D eigenvalue weighted by atomic mass is 79.9. The summed E-state index contributed by atoms with van der Waals surface area (Å²) in [6.45, 7) is 0. The van der Waals surface area contributed by atoms with E-state index in [1.54, 1.807) is 5.56 Å². The Balaban J connectivity index is 2.08. The first-order valence-corrected chi connectivity index (χ1v) is 7.94. The maximum atomic E-state index is 3.68. The Morgan fingerprint density at radius 3 is 2.67 bits per heavy atom. The molecule has 3 rings (SSSR count). The lowest BCUT2D eigenvalue weighted by molar-refractivity contribution is 0.573. The summed E-state index contributed by atoms with van der Waals surface area (Å²) < 4.78 is 2.48. The molecule has 1 aromatic carbocycles. The molecule has 1 saturated carbocycles. The monoisotopic (exact) mass is 346 g/mol. The largest absolute Gasteiger partial charge is 0.125 e. The second-order valence-electron chi connectivity index (χ2n) is 4.39. The first-order chi connectivity index (χ1) is 7.25. The van der Waals surface area contributed by atoms with Crippen molar-refractivity contribution in [3.05, 3.63) is 26.6 Å².